The summed E-state index contributed by atoms with van der Waals surface area (Å²) in [5, 5.41) is 20.5. The van der Waals surface area contributed by atoms with Gasteiger partial charge in [0.2, 0.25) is 0 Å². The molecule has 27 nitrogen and oxygen atoms in total. The number of phosphoric ester groups is 2. The first-order valence-electron chi connectivity index (χ1n) is 16.2. The number of aliphatic hydroxyl groups excluding tert-OH is 2. The molecule has 58 heavy (non-hydrogen) atoms. The zero-order valence-electron chi connectivity index (χ0n) is 28.8. The van der Waals surface area contributed by atoms with E-state index in [1.807, 2.05) is 9.97 Å². The summed E-state index contributed by atoms with van der Waals surface area (Å²) in [6.07, 6.45) is -8.09. The number of phosphoric acid groups is 4. The minimum atomic E-state index is -6.24. The van der Waals surface area contributed by atoms with E-state index < -0.39 is 122 Å². The van der Waals surface area contributed by atoms with E-state index in [0.717, 1.165) is 34.7 Å². The van der Waals surface area contributed by atoms with Crippen LogP contribution in [0.3, 0.4) is 0 Å². The zero-order chi connectivity index (χ0) is 42.2. The van der Waals surface area contributed by atoms with Gasteiger partial charge in [-0.25, -0.2) is 27.8 Å². The van der Waals surface area contributed by atoms with Crippen molar-refractivity contribution in [3.05, 3.63) is 108 Å². The Morgan fingerprint density at radius 1 is 0.621 bits per heavy atom. The lowest BCUT2D eigenvalue weighted by Crippen LogP contribution is -2.37. The van der Waals surface area contributed by atoms with Crippen molar-refractivity contribution in [2.45, 2.75) is 55.4 Å². The van der Waals surface area contributed by atoms with Crippen molar-refractivity contribution in [2.24, 2.45) is 0 Å². The standard InChI is InChI=1S/C27H32N4O23P4/c32-17-8-10-30(26(36)28-17)24-21(35)20(34)15(48-24)12-46-55(38,39)52-57(42,43)54-58(44,45)53-56(40,41)47-13-16-22-23(25(49-16)31-11-9-18(33)29-27(31)37)51-19(50-22)7-6-14-4-2-1-3-5-14/h1-11,15-16,19-25,34-35H,12-13H2,(H,38,39)(H,40,41)(H,42,43)(H,44,45)(H,28,32,36)(H,29,33,37)/b7-6+/t15-,16-,19?,20-,21-,22-,23-,24-,25-/m1/s1. The van der Waals surface area contributed by atoms with Gasteiger partial charge in [-0.2, -0.15) is 12.9 Å². The number of hydrogen-bond donors (Lipinski definition) is 8. The summed E-state index contributed by atoms with van der Waals surface area (Å²) >= 11 is 0. The van der Waals surface area contributed by atoms with Crippen LogP contribution in [-0.4, -0.2) is 105 Å². The molecule has 0 amide bonds. The van der Waals surface area contributed by atoms with E-state index in [9.17, 15) is 67.2 Å². The Kier molecular flexibility index (Phi) is 13.2. The summed E-state index contributed by atoms with van der Waals surface area (Å²) in [4.78, 5) is 91.5. The van der Waals surface area contributed by atoms with Crippen molar-refractivity contribution in [3.8, 4) is 0 Å². The largest absolute Gasteiger partial charge is 0.490 e. The van der Waals surface area contributed by atoms with Crippen LogP contribution in [-0.2, 0) is 59.2 Å². The van der Waals surface area contributed by atoms with E-state index in [2.05, 4.69) is 17.5 Å². The highest BCUT2D eigenvalue weighted by atomic mass is 31.3. The van der Waals surface area contributed by atoms with Crippen LogP contribution in [0.25, 0.3) is 6.08 Å². The SMILES string of the molecule is O=c1ccn([C@@H]2O[C@H](COP(=O)(O)OP(=O)(O)OP(=O)(O)OP(=O)(O)OC[C@H]3O[C@@H](n4ccc(=O)[nH]c4=O)[C@@H]4OC(/C=C/c5ccccc5)O[C@@H]43)[C@@H](O)[C@H]2O)c(=O)[nH]1. The Bertz CT molecular complexity index is 2440. The Labute approximate surface area is 322 Å². The van der Waals surface area contributed by atoms with E-state index in [4.69, 9.17) is 23.5 Å². The first kappa shape index (κ1) is 44.2. The van der Waals surface area contributed by atoms with Crippen molar-refractivity contribution < 1.29 is 89.0 Å². The molecule has 5 heterocycles. The van der Waals surface area contributed by atoms with Gasteiger partial charge in [-0.3, -0.25) is 37.7 Å². The number of rotatable bonds is 16. The molecule has 318 valence electrons. The Morgan fingerprint density at radius 2 is 1.10 bits per heavy atom. The molecular weight excluding hydrogens is 872 g/mol. The molecule has 3 aliphatic rings. The van der Waals surface area contributed by atoms with Crippen LogP contribution in [0, 0.1) is 0 Å². The quantitative estimate of drug-likeness (QED) is 0.0792. The lowest BCUT2D eigenvalue weighted by molar-refractivity contribution is -0.134. The highest BCUT2D eigenvalue weighted by molar-refractivity contribution is 7.69. The average Bonchev–Trinajstić information content (AvgIpc) is 3.76. The number of H-pyrrole nitrogens is 2. The molecular formula is C27H32N4O23P4. The van der Waals surface area contributed by atoms with Crippen LogP contribution in [0.15, 0.2) is 80.1 Å². The summed E-state index contributed by atoms with van der Waals surface area (Å²) in [6.45, 7) is -2.20. The number of aromatic amines is 2. The topological polar surface area (TPSA) is 382 Å². The number of nitrogens with zero attached hydrogens (tertiary/aromatic N) is 2. The number of aliphatic hydroxyl groups is 2. The van der Waals surface area contributed by atoms with Gasteiger partial charge in [0.15, 0.2) is 18.7 Å². The van der Waals surface area contributed by atoms with Gasteiger partial charge in [0.1, 0.15) is 36.6 Å². The maximum Gasteiger partial charge on any atom is 0.490 e. The van der Waals surface area contributed by atoms with Gasteiger partial charge in [-0.1, -0.05) is 36.4 Å². The molecule has 0 bridgehead atoms. The monoisotopic (exact) mass is 904 g/mol. The molecule has 3 saturated heterocycles. The number of fused-ring (bicyclic) bond motifs is 1. The number of nitrogens with one attached hydrogen (secondary N) is 2. The van der Waals surface area contributed by atoms with Crippen LogP contribution in [0.2, 0.25) is 0 Å². The Hall–Kier alpha value is -3.36. The summed E-state index contributed by atoms with van der Waals surface area (Å²) in [5.41, 5.74) is -2.77. The highest BCUT2D eigenvalue weighted by Crippen LogP contribution is 2.71. The fourth-order valence-corrected chi connectivity index (χ4v) is 10.7. The van der Waals surface area contributed by atoms with Crippen molar-refractivity contribution in [3.63, 3.8) is 0 Å². The van der Waals surface area contributed by atoms with E-state index in [0.29, 0.717) is 4.57 Å². The molecule has 6 rings (SSSR count). The van der Waals surface area contributed by atoms with Gasteiger partial charge in [0.05, 0.1) is 13.2 Å². The van der Waals surface area contributed by atoms with Gasteiger partial charge >= 0.3 is 42.7 Å². The molecule has 0 radical (unpaired) electrons. The molecule has 13 atom stereocenters. The summed E-state index contributed by atoms with van der Waals surface area (Å²) in [7, 11) is -24.1. The normalized spacial score (nSPS) is 31.3. The molecule has 3 aliphatic heterocycles. The molecule has 8 N–H and O–H groups in total. The lowest BCUT2D eigenvalue weighted by atomic mass is 10.1. The third-order valence-electron chi connectivity index (χ3n) is 8.12. The van der Waals surface area contributed by atoms with Crippen LogP contribution >= 0.6 is 31.3 Å². The fourth-order valence-electron chi connectivity index (χ4n) is 5.72. The number of hydrogen-bond acceptors (Lipinski definition) is 19. The van der Waals surface area contributed by atoms with Gasteiger partial charge in [-0.15, -0.1) is 0 Å². The van der Waals surface area contributed by atoms with E-state index in [1.165, 1.54) is 6.08 Å². The highest BCUT2D eigenvalue weighted by Gasteiger charge is 2.54. The van der Waals surface area contributed by atoms with E-state index in [1.54, 1.807) is 36.4 Å². The Morgan fingerprint density at radius 3 is 1.66 bits per heavy atom. The molecule has 0 spiro atoms. The summed E-state index contributed by atoms with van der Waals surface area (Å²) in [6, 6.07) is 10.8. The molecule has 0 saturated carbocycles. The van der Waals surface area contributed by atoms with Crippen molar-refractivity contribution in [1.29, 1.82) is 0 Å². The average molecular weight is 904 g/mol. The minimum Gasteiger partial charge on any atom is -0.387 e. The van der Waals surface area contributed by atoms with Gasteiger partial charge in [0, 0.05) is 24.5 Å². The lowest BCUT2D eigenvalue weighted by Gasteiger charge is -2.22. The smallest absolute Gasteiger partial charge is 0.387 e. The molecule has 0 aliphatic carbocycles. The zero-order valence-corrected chi connectivity index (χ0v) is 32.3. The van der Waals surface area contributed by atoms with Crippen molar-refractivity contribution in [2.75, 3.05) is 13.2 Å². The molecule has 3 aromatic rings. The number of aromatic nitrogens is 4. The van der Waals surface area contributed by atoms with E-state index in [-0.39, 0.29) is 0 Å². The molecule has 3 fully saturated rings. The molecule has 31 heteroatoms. The fraction of sp³-hybridized carbons (Fsp3) is 0.407. The second-order valence-electron chi connectivity index (χ2n) is 12.2. The van der Waals surface area contributed by atoms with E-state index >= 15 is 0 Å². The number of ether oxygens (including phenoxy) is 4. The van der Waals surface area contributed by atoms with Crippen LogP contribution in [0.4, 0.5) is 0 Å². The molecule has 1 aromatic carbocycles. The second-order valence-corrected chi connectivity index (χ2v) is 18.4. The Balaban J connectivity index is 1.05. The predicted octanol–water partition coefficient (Wildman–Crippen LogP) is -1.09. The molecule has 2 aromatic heterocycles. The third kappa shape index (κ3) is 10.9. The minimum absolute atomic E-state index is 0.659. The van der Waals surface area contributed by atoms with Crippen LogP contribution < -0.4 is 22.5 Å². The first-order chi connectivity index (χ1) is 27.1. The number of benzene rings is 1. The van der Waals surface area contributed by atoms with Crippen LogP contribution in [0.5, 0.6) is 0 Å². The second kappa shape index (κ2) is 17.3. The van der Waals surface area contributed by atoms with Gasteiger partial charge < -0.3 is 48.7 Å². The molecule has 5 unspecified atom stereocenters. The third-order valence-corrected chi connectivity index (χ3v) is 14.0. The summed E-state index contributed by atoms with van der Waals surface area (Å²) in [5.74, 6) is 0. The van der Waals surface area contributed by atoms with Crippen LogP contribution in [0.1, 0.15) is 18.0 Å². The predicted molar refractivity (Wildman–Crippen MR) is 186 cm³/mol. The van der Waals surface area contributed by atoms with Crippen molar-refractivity contribution in [1.82, 2.24) is 19.1 Å². The maximum atomic E-state index is 12.7. The van der Waals surface area contributed by atoms with Gasteiger partial charge in [-0.05, 0) is 11.6 Å². The summed E-state index contributed by atoms with van der Waals surface area (Å²) < 4.78 is 95.4. The van der Waals surface area contributed by atoms with Crippen molar-refractivity contribution >= 4 is 37.4 Å². The first-order valence-corrected chi connectivity index (χ1v) is 22.2. The maximum absolute atomic E-state index is 12.7. The van der Waals surface area contributed by atoms with Gasteiger partial charge in [0.25, 0.3) is 11.1 Å².